The Bertz CT molecular complexity index is 1030. The predicted molar refractivity (Wildman–Crippen MR) is 185 cm³/mol. The van der Waals surface area contributed by atoms with Gasteiger partial charge in [0.1, 0.15) is 24.9 Å². The number of hydrogen-bond donors (Lipinski definition) is 0. The molecule has 2 rings (SSSR count). The van der Waals surface area contributed by atoms with Crippen molar-refractivity contribution in [3.63, 3.8) is 0 Å². The standard InChI is InChI=1S/C36H61O10P/c1-12-18-26(4)31(29-19-16-15-17-20-29)45-36(9,10)25-30-33(46-47(14-3)38-11)32(27(5)43-30)44-34(40-22-21-39-28(6)37)41-23-24-42-35(7,8)13-2/h12,16,18-20,27,30-34H,4,13-15,17,21-25H2,1-3,5-11H3. The second-order valence-corrected chi connectivity index (χ2v) is 14.8. The number of rotatable bonds is 23. The molecule has 10 nitrogen and oxygen atoms in total. The van der Waals surface area contributed by atoms with Gasteiger partial charge in [-0.2, -0.15) is 0 Å². The van der Waals surface area contributed by atoms with Crippen molar-refractivity contribution in [2.45, 2.75) is 136 Å². The van der Waals surface area contributed by atoms with Crippen molar-refractivity contribution in [2.75, 3.05) is 39.7 Å². The molecule has 47 heavy (non-hydrogen) atoms. The van der Waals surface area contributed by atoms with Crippen LogP contribution in [-0.2, 0) is 47.0 Å². The Hall–Kier alpha value is -1.46. The topological polar surface area (TPSA) is 100 Å². The summed E-state index contributed by atoms with van der Waals surface area (Å²) in [7, 11) is 0.450. The average molecular weight is 685 g/mol. The Balaban J connectivity index is 2.26. The van der Waals surface area contributed by atoms with Crippen LogP contribution in [0.4, 0.5) is 0 Å². The summed E-state index contributed by atoms with van der Waals surface area (Å²) in [5, 5.41) is 0. The molecule has 11 heteroatoms. The second kappa shape index (κ2) is 20.9. The number of carbonyl (C=O) groups is 1. The van der Waals surface area contributed by atoms with Gasteiger partial charge in [-0.15, -0.1) is 0 Å². The van der Waals surface area contributed by atoms with E-state index in [0.717, 1.165) is 30.4 Å². The van der Waals surface area contributed by atoms with Crippen LogP contribution in [0.2, 0.25) is 0 Å². The molecular weight excluding hydrogens is 623 g/mol. The van der Waals surface area contributed by atoms with Crippen molar-refractivity contribution >= 4 is 14.3 Å². The van der Waals surface area contributed by atoms with Gasteiger partial charge < -0.3 is 42.2 Å². The number of allylic oxidation sites excluding steroid dienone is 3. The van der Waals surface area contributed by atoms with Crippen LogP contribution in [0.5, 0.6) is 0 Å². The highest BCUT2D eigenvalue weighted by Crippen LogP contribution is 2.45. The Labute approximate surface area is 285 Å². The quantitative estimate of drug-likeness (QED) is 0.0352. The first-order valence-electron chi connectivity index (χ1n) is 16.9. The maximum absolute atomic E-state index is 11.3. The summed E-state index contributed by atoms with van der Waals surface area (Å²) in [4.78, 5) is 11.3. The van der Waals surface area contributed by atoms with E-state index in [-0.39, 0.29) is 49.7 Å². The van der Waals surface area contributed by atoms with Crippen molar-refractivity contribution in [1.82, 2.24) is 0 Å². The van der Waals surface area contributed by atoms with Crippen LogP contribution in [0.3, 0.4) is 0 Å². The molecule has 1 fully saturated rings. The number of ether oxygens (including phenoxy) is 7. The fourth-order valence-corrected chi connectivity index (χ4v) is 6.28. The van der Waals surface area contributed by atoms with Gasteiger partial charge in [-0.05, 0) is 72.0 Å². The van der Waals surface area contributed by atoms with E-state index in [1.54, 1.807) is 7.11 Å². The van der Waals surface area contributed by atoms with E-state index in [1.807, 2.05) is 46.8 Å². The lowest BCUT2D eigenvalue weighted by molar-refractivity contribution is -0.317. The van der Waals surface area contributed by atoms with Gasteiger partial charge in [0.15, 0.2) is 8.38 Å². The maximum atomic E-state index is 11.3. The summed E-state index contributed by atoms with van der Waals surface area (Å²) >= 11 is 0. The van der Waals surface area contributed by atoms with Crippen LogP contribution in [0.15, 0.2) is 48.1 Å². The van der Waals surface area contributed by atoms with Gasteiger partial charge in [0, 0.05) is 26.6 Å². The zero-order chi connectivity index (χ0) is 35.0. The predicted octanol–water partition coefficient (Wildman–Crippen LogP) is 7.57. The van der Waals surface area contributed by atoms with Crippen LogP contribution in [0.1, 0.15) is 88.0 Å². The van der Waals surface area contributed by atoms with Gasteiger partial charge in [0.2, 0.25) is 0 Å². The molecule has 2 aliphatic rings. The summed E-state index contributed by atoms with van der Waals surface area (Å²) in [6.07, 6.45) is 12.5. The fraction of sp³-hybridized carbons (Fsp3) is 0.750. The minimum atomic E-state index is -1.20. The highest BCUT2D eigenvalue weighted by molar-refractivity contribution is 7.47. The van der Waals surface area contributed by atoms with E-state index >= 15 is 0 Å². The first-order chi connectivity index (χ1) is 22.3. The molecule has 270 valence electrons. The smallest absolute Gasteiger partial charge is 0.302 e. The molecule has 7 unspecified atom stereocenters. The molecule has 0 amide bonds. The molecule has 0 aromatic heterocycles. The summed E-state index contributed by atoms with van der Waals surface area (Å²) in [5.74, 6) is -0.388. The first kappa shape index (κ1) is 41.7. The van der Waals surface area contributed by atoms with E-state index in [2.05, 4.69) is 45.6 Å². The van der Waals surface area contributed by atoms with E-state index < -0.39 is 32.7 Å². The fourth-order valence-electron chi connectivity index (χ4n) is 5.26. The molecule has 1 aliphatic heterocycles. The third-order valence-electron chi connectivity index (χ3n) is 8.01. The number of hydrogen-bond acceptors (Lipinski definition) is 10. The van der Waals surface area contributed by atoms with Crippen molar-refractivity contribution in [2.24, 2.45) is 0 Å². The number of carbonyl (C=O) groups excluding carboxylic acids is 1. The molecule has 0 aromatic rings. The third-order valence-corrected chi connectivity index (χ3v) is 9.41. The molecule has 0 bridgehead atoms. The SMILES string of the molecule is C=C(C=CC)C(OC(C)(C)CC1OC(C)C(OC(OCCOC(C)=O)OCCOC(C)(C)CC)C1OP(CC)OC)C1=CCCC=C1. The second-order valence-electron chi connectivity index (χ2n) is 12.9. The lowest BCUT2D eigenvalue weighted by Gasteiger charge is -2.36. The molecule has 0 N–H and O–H groups in total. The van der Waals surface area contributed by atoms with Crippen molar-refractivity contribution in [3.8, 4) is 0 Å². The Morgan fingerprint density at radius 2 is 1.79 bits per heavy atom. The van der Waals surface area contributed by atoms with Crippen LogP contribution in [0.25, 0.3) is 0 Å². The molecule has 0 radical (unpaired) electrons. The minimum Gasteiger partial charge on any atom is -0.463 e. The largest absolute Gasteiger partial charge is 0.463 e. The highest BCUT2D eigenvalue weighted by Gasteiger charge is 2.49. The van der Waals surface area contributed by atoms with E-state index in [0.29, 0.717) is 19.2 Å². The van der Waals surface area contributed by atoms with Gasteiger partial charge in [-0.3, -0.25) is 4.79 Å². The molecule has 1 heterocycles. The Kier molecular flexibility index (Phi) is 18.6. The molecule has 7 atom stereocenters. The molecular formula is C36H61O10P. The van der Waals surface area contributed by atoms with Crippen LogP contribution >= 0.6 is 8.38 Å². The van der Waals surface area contributed by atoms with Gasteiger partial charge in [-0.25, -0.2) is 0 Å². The van der Waals surface area contributed by atoms with Crippen molar-refractivity contribution in [1.29, 1.82) is 0 Å². The molecule has 1 aliphatic carbocycles. The Morgan fingerprint density at radius 1 is 1.09 bits per heavy atom. The monoisotopic (exact) mass is 684 g/mol. The summed E-state index contributed by atoms with van der Waals surface area (Å²) in [5.41, 5.74) is 1.10. The van der Waals surface area contributed by atoms with E-state index in [9.17, 15) is 4.79 Å². The molecule has 0 spiro atoms. The average Bonchev–Trinajstić information content (AvgIpc) is 3.30. The molecule has 0 aromatic carbocycles. The molecule has 1 saturated heterocycles. The highest BCUT2D eigenvalue weighted by atomic mass is 31.2. The van der Waals surface area contributed by atoms with Crippen LogP contribution in [0, 0.1) is 0 Å². The van der Waals surface area contributed by atoms with Crippen molar-refractivity contribution in [3.05, 3.63) is 48.1 Å². The minimum absolute atomic E-state index is 0.0683. The van der Waals surface area contributed by atoms with Gasteiger partial charge in [0.05, 0.1) is 43.2 Å². The van der Waals surface area contributed by atoms with Crippen LogP contribution in [-0.4, -0.2) is 93.9 Å². The number of esters is 1. The van der Waals surface area contributed by atoms with E-state index in [4.69, 9.17) is 42.2 Å². The Morgan fingerprint density at radius 3 is 2.36 bits per heavy atom. The maximum Gasteiger partial charge on any atom is 0.302 e. The summed E-state index contributed by atoms with van der Waals surface area (Å²) in [6.45, 7) is 21.6. The van der Waals surface area contributed by atoms with Crippen LogP contribution < -0.4 is 0 Å². The third kappa shape index (κ3) is 14.9. The van der Waals surface area contributed by atoms with E-state index in [1.165, 1.54) is 6.92 Å². The van der Waals surface area contributed by atoms with Gasteiger partial charge in [0.25, 0.3) is 6.48 Å². The normalized spacial score (nSPS) is 23.9. The van der Waals surface area contributed by atoms with Crippen molar-refractivity contribution < 1.29 is 47.0 Å². The lowest BCUT2D eigenvalue weighted by atomic mass is 9.93. The molecule has 0 saturated carbocycles. The first-order valence-corrected chi connectivity index (χ1v) is 18.3. The zero-order valence-corrected chi connectivity index (χ0v) is 31.3. The van der Waals surface area contributed by atoms with Gasteiger partial charge in [-0.1, -0.05) is 50.8 Å². The summed E-state index contributed by atoms with van der Waals surface area (Å²) in [6, 6.07) is 0. The zero-order valence-electron chi connectivity index (χ0n) is 30.5. The summed E-state index contributed by atoms with van der Waals surface area (Å²) < 4.78 is 55.0. The lowest BCUT2D eigenvalue weighted by Crippen LogP contribution is -2.43. The van der Waals surface area contributed by atoms with Gasteiger partial charge >= 0.3 is 5.97 Å².